The first-order valence-corrected chi connectivity index (χ1v) is 10.5. The number of aliphatic hydroxyl groups excluding tert-OH is 1. The first kappa shape index (κ1) is 20.3. The second kappa shape index (κ2) is 10.2. The smallest absolute Gasteiger partial charge is 0.225 e. The van der Waals surface area contributed by atoms with Gasteiger partial charge in [-0.2, -0.15) is 0 Å². The van der Waals surface area contributed by atoms with E-state index in [9.17, 15) is 5.11 Å². The summed E-state index contributed by atoms with van der Waals surface area (Å²) >= 11 is 0. The lowest BCUT2D eigenvalue weighted by atomic mass is 10.1. The molecule has 6 heteroatoms. The average molecular weight is 405 g/mol. The summed E-state index contributed by atoms with van der Waals surface area (Å²) in [6.45, 7) is 4.50. The Labute approximate surface area is 177 Å². The maximum absolute atomic E-state index is 10.5. The van der Waals surface area contributed by atoms with Crippen LogP contribution in [0.3, 0.4) is 0 Å². The van der Waals surface area contributed by atoms with Crippen molar-refractivity contribution in [3.63, 3.8) is 0 Å². The summed E-state index contributed by atoms with van der Waals surface area (Å²) in [5, 5.41) is 10.5. The molecule has 30 heavy (non-hydrogen) atoms. The Balaban J connectivity index is 1.23. The molecule has 1 saturated heterocycles. The number of aromatic nitrogens is 2. The van der Waals surface area contributed by atoms with Crippen LogP contribution >= 0.6 is 0 Å². The zero-order chi connectivity index (χ0) is 20.6. The fraction of sp³-hybridized carbons (Fsp3) is 0.333. The lowest BCUT2D eigenvalue weighted by molar-refractivity contribution is 0.0705. The van der Waals surface area contributed by atoms with Gasteiger partial charge in [-0.05, 0) is 42.3 Å². The normalized spacial score (nSPS) is 16.1. The first-order valence-electron chi connectivity index (χ1n) is 10.5. The fourth-order valence-corrected chi connectivity index (χ4v) is 3.73. The van der Waals surface area contributed by atoms with E-state index in [1.165, 1.54) is 5.56 Å². The average Bonchev–Trinajstić information content (AvgIpc) is 3.05. The summed E-state index contributed by atoms with van der Waals surface area (Å²) in [4.78, 5) is 13.2. The van der Waals surface area contributed by atoms with Crippen LogP contribution in [0.5, 0.6) is 5.75 Å². The first-order chi connectivity index (χ1) is 14.8. The van der Waals surface area contributed by atoms with Crippen molar-refractivity contribution in [2.45, 2.75) is 12.5 Å². The Bertz CT molecular complexity index is 890. The number of β-amino-alcohol motifs (C(OH)–C–C–N with tert-alkyl or cyclic N) is 1. The summed E-state index contributed by atoms with van der Waals surface area (Å²) in [6, 6.07) is 20.1. The van der Waals surface area contributed by atoms with Gasteiger partial charge in [-0.1, -0.05) is 42.5 Å². The van der Waals surface area contributed by atoms with Crippen molar-refractivity contribution in [1.82, 2.24) is 14.9 Å². The van der Waals surface area contributed by atoms with Gasteiger partial charge in [0.05, 0.1) is 0 Å². The molecule has 0 unspecified atom stereocenters. The van der Waals surface area contributed by atoms with E-state index in [1.807, 2.05) is 48.5 Å². The number of anilines is 1. The number of hydrogen-bond acceptors (Lipinski definition) is 6. The van der Waals surface area contributed by atoms with Crippen molar-refractivity contribution in [2.75, 3.05) is 44.2 Å². The van der Waals surface area contributed by atoms with Gasteiger partial charge in [0.2, 0.25) is 5.95 Å². The van der Waals surface area contributed by atoms with Crippen LogP contribution in [-0.4, -0.2) is 65.4 Å². The highest BCUT2D eigenvalue weighted by molar-refractivity contribution is 5.63. The molecule has 1 N–H and O–H groups in total. The van der Waals surface area contributed by atoms with Gasteiger partial charge in [0.15, 0.2) is 0 Å². The van der Waals surface area contributed by atoms with Gasteiger partial charge >= 0.3 is 0 Å². The monoisotopic (exact) mass is 404 g/mol. The fourth-order valence-electron chi connectivity index (χ4n) is 3.73. The molecule has 0 aliphatic carbocycles. The SMILES string of the molecule is O[C@@H](COc1ccc(-c2ccccc2)cc1)CN1CCCN(c2ncccn2)CC1. The lowest BCUT2D eigenvalue weighted by Gasteiger charge is -2.24. The van der Waals surface area contributed by atoms with E-state index in [1.54, 1.807) is 12.4 Å². The lowest BCUT2D eigenvalue weighted by Crippen LogP contribution is -2.38. The molecule has 0 radical (unpaired) electrons. The summed E-state index contributed by atoms with van der Waals surface area (Å²) in [5.74, 6) is 1.55. The van der Waals surface area contributed by atoms with E-state index in [0.29, 0.717) is 6.54 Å². The number of hydrogen-bond donors (Lipinski definition) is 1. The molecule has 1 fully saturated rings. The number of nitrogens with zero attached hydrogens (tertiary/aromatic N) is 4. The molecule has 1 aliphatic heterocycles. The number of ether oxygens (including phenoxy) is 1. The minimum absolute atomic E-state index is 0.284. The summed E-state index contributed by atoms with van der Waals surface area (Å²) in [6.07, 6.45) is 4.04. The molecule has 3 aromatic rings. The van der Waals surface area contributed by atoms with Gasteiger partial charge in [-0.25, -0.2) is 9.97 Å². The van der Waals surface area contributed by atoms with E-state index < -0.39 is 6.10 Å². The zero-order valence-corrected chi connectivity index (χ0v) is 17.1. The molecular weight excluding hydrogens is 376 g/mol. The minimum Gasteiger partial charge on any atom is -0.491 e. The van der Waals surface area contributed by atoms with Crippen molar-refractivity contribution < 1.29 is 9.84 Å². The van der Waals surface area contributed by atoms with Crippen LogP contribution in [0.4, 0.5) is 5.95 Å². The Morgan fingerprint density at radius 1 is 0.833 bits per heavy atom. The third-order valence-electron chi connectivity index (χ3n) is 5.30. The van der Waals surface area contributed by atoms with E-state index in [4.69, 9.17) is 4.74 Å². The predicted octanol–water partition coefficient (Wildman–Crippen LogP) is 3.10. The van der Waals surface area contributed by atoms with Crippen LogP contribution in [-0.2, 0) is 0 Å². The molecule has 1 atom stereocenters. The van der Waals surface area contributed by atoms with Crippen molar-refractivity contribution in [2.24, 2.45) is 0 Å². The number of rotatable bonds is 7. The van der Waals surface area contributed by atoms with E-state index >= 15 is 0 Å². The van der Waals surface area contributed by atoms with Crippen LogP contribution < -0.4 is 9.64 Å². The highest BCUT2D eigenvalue weighted by Gasteiger charge is 2.19. The zero-order valence-electron chi connectivity index (χ0n) is 17.1. The van der Waals surface area contributed by atoms with Gasteiger partial charge in [-0.3, -0.25) is 4.90 Å². The Hall–Kier alpha value is -2.96. The van der Waals surface area contributed by atoms with Crippen LogP contribution in [0, 0.1) is 0 Å². The molecule has 1 aliphatic rings. The number of aliphatic hydroxyl groups is 1. The molecule has 6 nitrogen and oxygen atoms in total. The second-order valence-electron chi connectivity index (χ2n) is 7.55. The van der Waals surface area contributed by atoms with E-state index in [0.717, 1.165) is 49.9 Å². The van der Waals surface area contributed by atoms with Gasteiger partial charge in [0.1, 0.15) is 18.5 Å². The van der Waals surface area contributed by atoms with Gasteiger partial charge < -0.3 is 14.7 Å². The van der Waals surface area contributed by atoms with Gasteiger partial charge in [0, 0.05) is 38.6 Å². The standard InChI is InChI=1S/C24H28N4O2/c29-22(18-27-14-5-15-28(17-16-27)24-25-12-4-13-26-24)19-30-23-10-8-21(9-11-23)20-6-2-1-3-7-20/h1-4,6-13,22,29H,5,14-19H2/t22-/m1/s1. The van der Waals surface area contributed by atoms with Crippen molar-refractivity contribution in [1.29, 1.82) is 0 Å². The third kappa shape index (κ3) is 5.55. The number of benzene rings is 2. The molecule has 2 aromatic carbocycles. The van der Waals surface area contributed by atoms with Crippen LogP contribution in [0.2, 0.25) is 0 Å². The van der Waals surface area contributed by atoms with Crippen LogP contribution in [0.15, 0.2) is 73.1 Å². The van der Waals surface area contributed by atoms with Gasteiger partial charge in [0.25, 0.3) is 0 Å². The second-order valence-corrected chi connectivity index (χ2v) is 7.55. The largest absolute Gasteiger partial charge is 0.491 e. The summed E-state index contributed by atoms with van der Waals surface area (Å²) in [7, 11) is 0. The summed E-state index contributed by atoms with van der Waals surface area (Å²) in [5.41, 5.74) is 2.33. The Kier molecular flexibility index (Phi) is 6.90. The molecule has 0 amide bonds. The molecule has 156 valence electrons. The molecule has 0 bridgehead atoms. The van der Waals surface area contributed by atoms with Crippen molar-refractivity contribution >= 4 is 5.95 Å². The topological polar surface area (TPSA) is 61.7 Å². The molecule has 1 aromatic heterocycles. The van der Waals surface area contributed by atoms with E-state index in [-0.39, 0.29) is 6.61 Å². The maximum Gasteiger partial charge on any atom is 0.225 e. The van der Waals surface area contributed by atoms with Crippen molar-refractivity contribution in [3.8, 4) is 16.9 Å². The Morgan fingerprint density at radius 3 is 2.33 bits per heavy atom. The highest BCUT2D eigenvalue weighted by atomic mass is 16.5. The molecular formula is C24H28N4O2. The van der Waals surface area contributed by atoms with Crippen LogP contribution in [0.25, 0.3) is 11.1 Å². The van der Waals surface area contributed by atoms with Crippen molar-refractivity contribution in [3.05, 3.63) is 73.1 Å². The molecule has 4 rings (SSSR count). The predicted molar refractivity (Wildman–Crippen MR) is 119 cm³/mol. The van der Waals surface area contributed by atoms with Gasteiger partial charge in [-0.15, -0.1) is 0 Å². The summed E-state index contributed by atoms with van der Waals surface area (Å²) < 4.78 is 5.81. The van der Waals surface area contributed by atoms with Crippen LogP contribution in [0.1, 0.15) is 6.42 Å². The van der Waals surface area contributed by atoms with E-state index in [2.05, 4.69) is 31.9 Å². The molecule has 2 heterocycles. The quantitative estimate of drug-likeness (QED) is 0.653. The highest BCUT2D eigenvalue weighted by Crippen LogP contribution is 2.22. The maximum atomic E-state index is 10.5. The molecule has 0 saturated carbocycles. The minimum atomic E-state index is -0.529. The molecule has 0 spiro atoms. The Morgan fingerprint density at radius 2 is 1.57 bits per heavy atom. The third-order valence-corrected chi connectivity index (χ3v) is 5.30.